The normalized spacial score (nSPS) is 13.1. The van der Waals surface area contributed by atoms with E-state index in [9.17, 15) is 9.59 Å². The summed E-state index contributed by atoms with van der Waals surface area (Å²) in [4.78, 5) is 30.9. The Kier molecular flexibility index (Phi) is 5.57. The summed E-state index contributed by atoms with van der Waals surface area (Å²) >= 11 is 1.35. The molecule has 1 N–H and O–H groups in total. The highest BCUT2D eigenvalue weighted by atomic mass is 32.1. The third-order valence-electron chi connectivity index (χ3n) is 4.78. The Labute approximate surface area is 173 Å². The number of anilines is 1. The van der Waals surface area contributed by atoms with Gasteiger partial charge in [-0.15, -0.1) is 11.3 Å². The lowest BCUT2D eigenvalue weighted by molar-refractivity contribution is -0.118. The summed E-state index contributed by atoms with van der Waals surface area (Å²) in [5, 5.41) is 5.02. The van der Waals surface area contributed by atoms with Crippen LogP contribution in [0.1, 0.15) is 27.0 Å². The minimum Gasteiger partial charge on any atom is -0.483 e. The number of aromatic nitrogens is 1. The quantitative estimate of drug-likeness (QED) is 0.677. The molecular weight excluding hydrogens is 386 g/mol. The summed E-state index contributed by atoms with van der Waals surface area (Å²) in [6.45, 7) is 3.12. The van der Waals surface area contributed by atoms with E-state index in [1.165, 1.54) is 16.9 Å². The van der Waals surface area contributed by atoms with Crippen LogP contribution in [0.4, 0.5) is 5.13 Å². The molecule has 7 heteroatoms. The first kappa shape index (κ1) is 19.1. The van der Waals surface area contributed by atoms with E-state index in [2.05, 4.69) is 16.4 Å². The summed E-state index contributed by atoms with van der Waals surface area (Å²) in [7, 11) is 0. The van der Waals surface area contributed by atoms with E-state index < -0.39 is 0 Å². The summed E-state index contributed by atoms with van der Waals surface area (Å²) < 4.78 is 5.73. The second-order valence-electron chi connectivity index (χ2n) is 6.92. The lowest BCUT2D eigenvalue weighted by Crippen LogP contribution is -2.37. The molecule has 3 aromatic rings. The zero-order valence-electron chi connectivity index (χ0n) is 16.1. The van der Waals surface area contributed by atoms with E-state index in [1.54, 1.807) is 23.7 Å². The van der Waals surface area contributed by atoms with Gasteiger partial charge in [0.1, 0.15) is 5.75 Å². The minimum absolute atomic E-state index is 0.00885. The third kappa shape index (κ3) is 4.46. The lowest BCUT2D eigenvalue weighted by atomic mass is 9.97. The number of carbonyl (C=O) groups excluding carboxylic acids is 2. The molecule has 0 aliphatic carbocycles. The number of hydrogen-bond acceptors (Lipinski definition) is 5. The number of benzene rings is 2. The molecule has 29 heavy (non-hydrogen) atoms. The first-order valence-electron chi connectivity index (χ1n) is 9.39. The standard InChI is InChI=1S/C22H21N3O3S/c1-15-4-2-5-16(12-15)13-25-10-8-17-18(21(25)27)6-3-7-19(17)28-14-20(26)24-22-23-9-11-29-22/h2-7,9,11-12H,8,10,13-14H2,1H3,(H,23,24,26). The fraction of sp³-hybridized carbons (Fsp3) is 0.227. The SMILES string of the molecule is Cc1cccc(CN2CCc3c(OCC(=O)Nc4nccs4)cccc3C2=O)c1. The second kappa shape index (κ2) is 8.45. The van der Waals surface area contributed by atoms with Gasteiger partial charge in [0.15, 0.2) is 11.7 Å². The predicted octanol–water partition coefficient (Wildman–Crippen LogP) is 3.67. The Morgan fingerprint density at radius 1 is 1.28 bits per heavy atom. The zero-order chi connectivity index (χ0) is 20.2. The maximum Gasteiger partial charge on any atom is 0.264 e. The van der Waals surface area contributed by atoms with Gasteiger partial charge in [-0.3, -0.25) is 14.9 Å². The van der Waals surface area contributed by atoms with E-state index in [0.717, 1.165) is 11.1 Å². The van der Waals surface area contributed by atoms with Gasteiger partial charge >= 0.3 is 0 Å². The molecule has 0 atom stereocenters. The molecule has 0 saturated carbocycles. The molecule has 0 unspecified atom stereocenters. The molecule has 1 aromatic heterocycles. The van der Waals surface area contributed by atoms with Crippen LogP contribution in [0.3, 0.4) is 0 Å². The third-order valence-corrected chi connectivity index (χ3v) is 5.46. The van der Waals surface area contributed by atoms with Gasteiger partial charge in [-0.2, -0.15) is 0 Å². The van der Waals surface area contributed by atoms with Crippen LogP contribution in [0.25, 0.3) is 0 Å². The monoisotopic (exact) mass is 407 g/mol. The van der Waals surface area contributed by atoms with Gasteiger partial charge in [0.2, 0.25) is 0 Å². The number of nitrogens with one attached hydrogen (secondary N) is 1. The summed E-state index contributed by atoms with van der Waals surface area (Å²) in [5.41, 5.74) is 3.80. The van der Waals surface area contributed by atoms with E-state index >= 15 is 0 Å². The first-order valence-corrected chi connectivity index (χ1v) is 10.3. The van der Waals surface area contributed by atoms with Crippen LogP contribution < -0.4 is 10.1 Å². The highest BCUT2D eigenvalue weighted by molar-refractivity contribution is 7.13. The number of fused-ring (bicyclic) bond motifs is 1. The molecule has 2 aromatic carbocycles. The van der Waals surface area contributed by atoms with Crippen LogP contribution in [-0.4, -0.2) is 34.8 Å². The Morgan fingerprint density at radius 3 is 2.93 bits per heavy atom. The number of rotatable bonds is 6. The summed E-state index contributed by atoms with van der Waals surface area (Å²) in [5.74, 6) is 0.298. The smallest absolute Gasteiger partial charge is 0.264 e. The molecule has 6 nitrogen and oxygen atoms in total. The van der Waals surface area contributed by atoms with Crippen LogP contribution in [0.5, 0.6) is 5.75 Å². The fourth-order valence-electron chi connectivity index (χ4n) is 3.44. The van der Waals surface area contributed by atoms with Crippen LogP contribution in [0.2, 0.25) is 0 Å². The average molecular weight is 407 g/mol. The maximum absolute atomic E-state index is 13.0. The number of carbonyl (C=O) groups is 2. The average Bonchev–Trinajstić information content (AvgIpc) is 3.21. The number of aryl methyl sites for hydroxylation is 1. The number of ether oxygens (including phenoxy) is 1. The molecule has 0 radical (unpaired) electrons. The molecule has 4 rings (SSSR count). The number of thiazole rings is 1. The van der Waals surface area contributed by atoms with Gasteiger partial charge in [0.25, 0.3) is 11.8 Å². The first-order chi connectivity index (χ1) is 14.1. The van der Waals surface area contributed by atoms with Gasteiger partial charge < -0.3 is 9.64 Å². The van der Waals surface area contributed by atoms with Crippen molar-refractivity contribution in [3.63, 3.8) is 0 Å². The lowest BCUT2D eigenvalue weighted by Gasteiger charge is -2.29. The van der Waals surface area contributed by atoms with Crippen molar-refractivity contribution in [2.24, 2.45) is 0 Å². The van der Waals surface area contributed by atoms with Gasteiger partial charge in [0.05, 0.1) is 0 Å². The van der Waals surface area contributed by atoms with Gasteiger partial charge in [0, 0.05) is 35.8 Å². The van der Waals surface area contributed by atoms with Crippen molar-refractivity contribution >= 4 is 28.3 Å². The molecule has 0 spiro atoms. The summed E-state index contributed by atoms with van der Waals surface area (Å²) in [6, 6.07) is 13.6. The Hall–Kier alpha value is -3.19. The van der Waals surface area contributed by atoms with Gasteiger partial charge in [-0.25, -0.2) is 4.98 Å². The van der Waals surface area contributed by atoms with Gasteiger partial charge in [-0.1, -0.05) is 35.9 Å². The van der Waals surface area contributed by atoms with Crippen molar-refractivity contribution in [1.29, 1.82) is 0 Å². The molecule has 1 aliphatic heterocycles. The Morgan fingerprint density at radius 2 is 2.14 bits per heavy atom. The molecular formula is C22H21N3O3S. The van der Waals surface area contributed by atoms with Crippen LogP contribution in [0.15, 0.2) is 54.0 Å². The van der Waals surface area contributed by atoms with E-state index in [-0.39, 0.29) is 18.4 Å². The van der Waals surface area contributed by atoms with Crippen molar-refractivity contribution in [2.45, 2.75) is 19.9 Å². The minimum atomic E-state index is -0.277. The fourth-order valence-corrected chi connectivity index (χ4v) is 3.99. The van der Waals surface area contributed by atoms with Crippen LogP contribution in [0, 0.1) is 6.92 Å². The second-order valence-corrected chi connectivity index (χ2v) is 7.82. The molecule has 148 valence electrons. The van der Waals surface area contributed by atoms with Crippen molar-refractivity contribution in [1.82, 2.24) is 9.88 Å². The van der Waals surface area contributed by atoms with Crippen molar-refractivity contribution in [3.8, 4) is 5.75 Å². The Balaban J connectivity index is 1.44. The maximum atomic E-state index is 13.0. The van der Waals surface area contributed by atoms with Crippen molar-refractivity contribution in [3.05, 3.63) is 76.3 Å². The van der Waals surface area contributed by atoms with Gasteiger partial charge in [-0.05, 0) is 31.0 Å². The van der Waals surface area contributed by atoms with Crippen LogP contribution >= 0.6 is 11.3 Å². The van der Waals surface area contributed by atoms with Crippen molar-refractivity contribution in [2.75, 3.05) is 18.5 Å². The Bertz CT molecular complexity index is 1030. The van der Waals surface area contributed by atoms with Crippen molar-refractivity contribution < 1.29 is 14.3 Å². The predicted molar refractivity (Wildman–Crippen MR) is 112 cm³/mol. The van der Waals surface area contributed by atoms with Crippen LogP contribution in [-0.2, 0) is 17.8 Å². The van der Waals surface area contributed by atoms with E-state index in [0.29, 0.717) is 36.0 Å². The van der Waals surface area contributed by atoms with E-state index in [1.807, 2.05) is 36.1 Å². The molecule has 0 saturated heterocycles. The highest BCUT2D eigenvalue weighted by Crippen LogP contribution is 2.29. The molecule has 0 fully saturated rings. The molecule has 2 heterocycles. The number of amides is 2. The molecule has 1 aliphatic rings. The largest absolute Gasteiger partial charge is 0.483 e. The topological polar surface area (TPSA) is 71.5 Å². The molecule has 0 bridgehead atoms. The number of hydrogen-bond donors (Lipinski definition) is 1. The number of nitrogens with zero attached hydrogens (tertiary/aromatic N) is 2. The molecule has 2 amide bonds. The summed E-state index contributed by atoms with van der Waals surface area (Å²) in [6.07, 6.45) is 2.32. The highest BCUT2D eigenvalue weighted by Gasteiger charge is 2.26. The van der Waals surface area contributed by atoms with E-state index in [4.69, 9.17) is 4.74 Å². The zero-order valence-corrected chi connectivity index (χ0v) is 16.9.